The number of aromatic nitrogens is 1. The predicted octanol–water partition coefficient (Wildman–Crippen LogP) is 4.18. The van der Waals surface area contributed by atoms with Crippen LogP contribution in [0.4, 0.5) is 5.82 Å². The maximum Gasteiger partial charge on any atom is 0.131 e. The van der Waals surface area contributed by atoms with Crippen molar-refractivity contribution < 1.29 is 0 Å². The summed E-state index contributed by atoms with van der Waals surface area (Å²) >= 11 is 0. The van der Waals surface area contributed by atoms with Gasteiger partial charge in [-0.2, -0.15) is 0 Å². The fraction of sp³-hybridized carbons (Fsp3) is 0.150. The van der Waals surface area contributed by atoms with Gasteiger partial charge in [-0.05, 0) is 37.1 Å². The third-order valence-electron chi connectivity index (χ3n) is 3.97. The first-order valence-corrected chi connectivity index (χ1v) is 9.04. The molecule has 1 heterocycles. The second-order valence-electron chi connectivity index (χ2n) is 5.60. The first kappa shape index (κ1) is 15.7. The molecule has 0 saturated carbocycles. The molecule has 0 unspecified atom stereocenters. The Hall–Kier alpha value is -2.18. The normalized spacial score (nSPS) is 10.8. The zero-order valence-corrected chi connectivity index (χ0v) is 14.7. The summed E-state index contributed by atoms with van der Waals surface area (Å²) in [4.78, 5) is 4.55. The van der Waals surface area contributed by atoms with Crippen molar-refractivity contribution in [3.05, 3.63) is 84.1 Å². The Morgan fingerprint density at radius 1 is 0.739 bits per heavy atom. The Morgan fingerprint density at radius 3 is 1.74 bits per heavy atom. The number of nitrogens with zero attached hydrogens (tertiary/aromatic N) is 2. The van der Waals surface area contributed by atoms with Gasteiger partial charge >= 0.3 is 0 Å². The number of pyridine rings is 1. The lowest BCUT2D eigenvalue weighted by Gasteiger charge is -2.31. The van der Waals surface area contributed by atoms with E-state index in [1.165, 1.54) is 21.7 Å². The molecule has 0 radical (unpaired) electrons. The van der Waals surface area contributed by atoms with Crippen LogP contribution in [-0.2, 0) is 0 Å². The Kier molecular flexibility index (Phi) is 4.73. The predicted molar refractivity (Wildman–Crippen MR) is 101 cm³/mol. The van der Waals surface area contributed by atoms with Crippen LogP contribution in [0.2, 0.25) is 0 Å². The molecule has 0 saturated heterocycles. The van der Waals surface area contributed by atoms with Crippen molar-refractivity contribution in [3.63, 3.8) is 0 Å². The molecule has 3 heteroatoms. The molecule has 2 aromatic carbocycles. The largest absolute Gasteiger partial charge is 0.331 e. The third-order valence-corrected chi connectivity index (χ3v) is 6.69. The molecule has 3 rings (SSSR count). The number of hydrogen-bond acceptors (Lipinski definition) is 2. The van der Waals surface area contributed by atoms with Crippen molar-refractivity contribution in [3.8, 4) is 0 Å². The van der Waals surface area contributed by atoms with Crippen LogP contribution >= 0.6 is 8.07 Å². The zero-order chi connectivity index (χ0) is 16.2. The van der Waals surface area contributed by atoms with Gasteiger partial charge in [0.25, 0.3) is 0 Å². The van der Waals surface area contributed by atoms with Gasteiger partial charge in [-0.25, -0.2) is 4.98 Å². The van der Waals surface area contributed by atoms with Gasteiger partial charge in [0.2, 0.25) is 0 Å². The second-order valence-corrected chi connectivity index (χ2v) is 7.78. The fourth-order valence-corrected chi connectivity index (χ4v) is 5.20. The Bertz CT molecular complexity index is 741. The van der Waals surface area contributed by atoms with Crippen molar-refractivity contribution in [2.24, 2.45) is 0 Å². The fourth-order valence-electron chi connectivity index (χ4n) is 2.70. The van der Waals surface area contributed by atoms with E-state index in [1.807, 2.05) is 18.3 Å². The number of benzene rings is 2. The summed E-state index contributed by atoms with van der Waals surface area (Å²) < 4.78 is 2.32. The van der Waals surface area contributed by atoms with Crippen LogP contribution in [0.25, 0.3) is 0 Å². The Labute approximate surface area is 139 Å². The van der Waals surface area contributed by atoms with E-state index in [9.17, 15) is 0 Å². The van der Waals surface area contributed by atoms with Gasteiger partial charge in [0.15, 0.2) is 0 Å². The highest BCUT2D eigenvalue weighted by atomic mass is 31.1. The van der Waals surface area contributed by atoms with E-state index < -0.39 is 8.07 Å². The van der Waals surface area contributed by atoms with E-state index in [1.54, 1.807) is 0 Å². The van der Waals surface area contributed by atoms with Gasteiger partial charge in [0, 0.05) is 23.9 Å². The van der Waals surface area contributed by atoms with E-state index >= 15 is 0 Å². The maximum atomic E-state index is 4.55. The molecule has 0 atom stereocenters. The number of anilines is 1. The molecule has 0 spiro atoms. The summed E-state index contributed by atoms with van der Waals surface area (Å²) in [5.41, 5.74) is 2.65. The van der Waals surface area contributed by atoms with Crippen molar-refractivity contribution in [2.45, 2.75) is 13.8 Å². The Morgan fingerprint density at radius 2 is 1.26 bits per heavy atom. The van der Waals surface area contributed by atoms with Crippen LogP contribution < -0.4 is 15.3 Å². The van der Waals surface area contributed by atoms with E-state index in [4.69, 9.17) is 0 Å². The van der Waals surface area contributed by atoms with Crippen LogP contribution in [0.3, 0.4) is 0 Å². The van der Waals surface area contributed by atoms with Gasteiger partial charge in [-0.3, -0.25) is 0 Å². The molecular weight excluding hydrogens is 299 g/mol. The maximum absolute atomic E-state index is 4.55. The molecule has 0 bridgehead atoms. The minimum Gasteiger partial charge on any atom is -0.331 e. The molecule has 0 aliphatic rings. The SMILES string of the molecule is Cc1ccccc1P(c1ccccc1C)N(C)c1ccccn1. The number of aryl methyl sites for hydroxylation is 2. The lowest BCUT2D eigenvalue weighted by atomic mass is 10.2. The third kappa shape index (κ3) is 3.28. The molecule has 116 valence electrons. The van der Waals surface area contributed by atoms with Crippen LogP contribution in [0.5, 0.6) is 0 Å². The number of rotatable bonds is 4. The summed E-state index contributed by atoms with van der Waals surface area (Å²) in [5.74, 6) is 1.00. The highest BCUT2D eigenvalue weighted by molar-refractivity contribution is 7.74. The van der Waals surface area contributed by atoms with E-state index in [0.29, 0.717) is 0 Å². The van der Waals surface area contributed by atoms with Crippen molar-refractivity contribution in [1.82, 2.24) is 4.98 Å². The zero-order valence-electron chi connectivity index (χ0n) is 13.8. The molecule has 0 aliphatic heterocycles. The monoisotopic (exact) mass is 320 g/mol. The molecule has 0 N–H and O–H groups in total. The first-order chi connectivity index (χ1) is 11.2. The molecule has 23 heavy (non-hydrogen) atoms. The quantitative estimate of drug-likeness (QED) is 0.670. The van der Waals surface area contributed by atoms with Gasteiger partial charge in [0.05, 0.1) is 8.07 Å². The van der Waals surface area contributed by atoms with Crippen molar-refractivity contribution in [1.29, 1.82) is 0 Å². The molecular formula is C20H21N2P. The van der Waals surface area contributed by atoms with Crippen LogP contribution in [0.1, 0.15) is 11.1 Å². The highest BCUT2D eigenvalue weighted by Gasteiger charge is 2.23. The van der Waals surface area contributed by atoms with E-state index in [2.05, 4.69) is 85.1 Å². The van der Waals surface area contributed by atoms with Gasteiger partial charge in [0.1, 0.15) is 5.82 Å². The average molecular weight is 320 g/mol. The molecule has 0 aliphatic carbocycles. The smallest absolute Gasteiger partial charge is 0.131 e. The summed E-state index contributed by atoms with van der Waals surface area (Å²) in [5, 5.41) is 2.76. The summed E-state index contributed by atoms with van der Waals surface area (Å²) in [6.45, 7) is 4.38. The van der Waals surface area contributed by atoms with Crippen LogP contribution in [0, 0.1) is 13.8 Å². The van der Waals surface area contributed by atoms with E-state index in [0.717, 1.165) is 5.82 Å². The lowest BCUT2D eigenvalue weighted by Crippen LogP contribution is -2.28. The average Bonchev–Trinajstić information content (AvgIpc) is 2.59. The lowest BCUT2D eigenvalue weighted by molar-refractivity contribution is 1.21. The van der Waals surface area contributed by atoms with Crippen LogP contribution in [-0.4, -0.2) is 12.0 Å². The van der Waals surface area contributed by atoms with Crippen LogP contribution in [0.15, 0.2) is 72.9 Å². The second kappa shape index (κ2) is 6.93. The Balaban J connectivity index is 2.15. The molecule has 1 aromatic heterocycles. The van der Waals surface area contributed by atoms with Gasteiger partial charge in [-0.15, -0.1) is 0 Å². The van der Waals surface area contributed by atoms with Gasteiger partial charge < -0.3 is 4.67 Å². The van der Waals surface area contributed by atoms with E-state index in [-0.39, 0.29) is 0 Å². The molecule has 3 aromatic rings. The molecule has 2 nitrogen and oxygen atoms in total. The standard InChI is InChI=1S/C20H21N2P/c1-16-10-4-6-12-18(16)23(19-13-7-5-11-17(19)2)22(3)20-14-8-9-15-21-20/h4-15H,1-3H3. The summed E-state index contributed by atoms with van der Waals surface area (Å²) in [6, 6.07) is 23.4. The number of hydrogen-bond donors (Lipinski definition) is 0. The minimum atomic E-state index is -0.659. The highest BCUT2D eigenvalue weighted by Crippen LogP contribution is 2.41. The first-order valence-electron chi connectivity index (χ1n) is 7.74. The molecule has 0 fully saturated rings. The summed E-state index contributed by atoms with van der Waals surface area (Å²) in [7, 11) is 1.49. The summed E-state index contributed by atoms with van der Waals surface area (Å²) in [6.07, 6.45) is 1.86. The minimum absolute atomic E-state index is 0.659. The topological polar surface area (TPSA) is 16.1 Å². The van der Waals surface area contributed by atoms with Gasteiger partial charge in [-0.1, -0.05) is 54.6 Å². The molecule has 0 amide bonds. The van der Waals surface area contributed by atoms with Crippen molar-refractivity contribution >= 4 is 24.5 Å². The van der Waals surface area contributed by atoms with Crippen molar-refractivity contribution in [2.75, 3.05) is 11.7 Å².